The van der Waals surface area contributed by atoms with E-state index in [2.05, 4.69) is 10.2 Å². The molecule has 10 heteroatoms. The highest BCUT2D eigenvalue weighted by atomic mass is 35.5. The highest BCUT2D eigenvalue weighted by Gasteiger charge is 2.20. The van der Waals surface area contributed by atoms with Crippen LogP contribution in [-0.2, 0) is 10.1 Å². The molecule has 0 aromatic heterocycles. The van der Waals surface area contributed by atoms with Crippen LogP contribution in [0.4, 0.5) is 11.4 Å². The number of carboxylic acid groups (broad SMARTS) is 1. The van der Waals surface area contributed by atoms with Crippen molar-refractivity contribution < 1.29 is 28.0 Å². The van der Waals surface area contributed by atoms with E-state index < -0.39 is 26.7 Å². The molecule has 0 atom stereocenters. The molecular weight excluding hydrogens is 408 g/mol. The number of fused-ring (bicyclic) bond motifs is 1. The summed E-state index contributed by atoms with van der Waals surface area (Å²) >= 11 is 6.01. The number of rotatable bonds is 4. The topological polar surface area (TPSA) is 137 Å². The van der Waals surface area contributed by atoms with Crippen molar-refractivity contribution in [2.45, 2.75) is 11.8 Å². The molecule has 3 rings (SSSR count). The number of aromatic carboxylic acids is 1. The fraction of sp³-hybridized carbons (Fsp3) is 0.0556. The third-order valence-corrected chi connectivity index (χ3v) is 5.29. The number of aromatic hydroxyl groups is 1. The number of azo groups is 1. The first-order valence-electron chi connectivity index (χ1n) is 7.77. The zero-order valence-corrected chi connectivity index (χ0v) is 15.9. The SMILES string of the molecule is Cc1cc(S(=O)(=O)O)c(N=Nc2c(O)c(C(=O)O)cc3ccccc23)cc1Cl. The van der Waals surface area contributed by atoms with Crippen LogP contribution in [0.5, 0.6) is 5.75 Å². The van der Waals surface area contributed by atoms with Crippen LogP contribution < -0.4 is 0 Å². The minimum absolute atomic E-state index is 0.159. The van der Waals surface area contributed by atoms with Crippen LogP contribution in [0, 0.1) is 6.92 Å². The van der Waals surface area contributed by atoms with E-state index in [-0.39, 0.29) is 22.0 Å². The molecule has 0 saturated heterocycles. The van der Waals surface area contributed by atoms with Crippen LogP contribution in [0.2, 0.25) is 5.02 Å². The second kappa shape index (κ2) is 7.19. The van der Waals surface area contributed by atoms with Crippen molar-refractivity contribution in [2.75, 3.05) is 0 Å². The Hall–Kier alpha value is -3.01. The van der Waals surface area contributed by atoms with Gasteiger partial charge < -0.3 is 10.2 Å². The molecule has 0 heterocycles. The Bertz CT molecular complexity index is 1250. The summed E-state index contributed by atoms with van der Waals surface area (Å²) in [6.07, 6.45) is 0. The normalized spacial score (nSPS) is 12.0. The van der Waals surface area contributed by atoms with Crippen molar-refractivity contribution in [2.24, 2.45) is 10.2 Å². The molecule has 0 aliphatic heterocycles. The molecule has 8 nitrogen and oxygen atoms in total. The molecule has 0 saturated carbocycles. The van der Waals surface area contributed by atoms with Gasteiger partial charge in [-0.05, 0) is 36.1 Å². The number of aryl methyl sites for hydroxylation is 1. The van der Waals surface area contributed by atoms with Gasteiger partial charge in [-0.25, -0.2) is 4.79 Å². The standard InChI is InChI=1S/C18H13ClN2O6S/c1-9-6-15(28(25,26)27)14(8-13(9)19)20-21-16-11-5-3-2-4-10(11)7-12(17(16)22)18(23)24/h2-8,22H,1H3,(H,23,24)(H,25,26,27). The maximum atomic E-state index is 11.6. The van der Waals surface area contributed by atoms with Gasteiger partial charge in [-0.2, -0.15) is 8.42 Å². The van der Waals surface area contributed by atoms with Crippen LogP contribution in [0.25, 0.3) is 10.8 Å². The Morgan fingerprint density at radius 1 is 1.11 bits per heavy atom. The van der Waals surface area contributed by atoms with Crippen molar-refractivity contribution in [1.29, 1.82) is 0 Å². The summed E-state index contributed by atoms with van der Waals surface area (Å²) in [7, 11) is -4.62. The number of hydrogen-bond acceptors (Lipinski definition) is 6. The summed E-state index contributed by atoms with van der Waals surface area (Å²) in [6, 6.07) is 10.2. The number of halogens is 1. The summed E-state index contributed by atoms with van der Waals surface area (Å²) < 4.78 is 32.7. The molecule has 0 spiro atoms. The van der Waals surface area contributed by atoms with Crippen LogP contribution in [0.3, 0.4) is 0 Å². The van der Waals surface area contributed by atoms with E-state index >= 15 is 0 Å². The van der Waals surface area contributed by atoms with Gasteiger partial charge >= 0.3 is 5.97 Å². The molecule has 0 bridgehead atoms. The first kappa shape index (κ1) is 19.7. The Morgan fingerprint density at radius 3 is 2.43 bits per heavy atom. The number of carbonyl (C=O) groups is 1. The lowest BCUT2D eigenvalue weighted by Gasteiger charge is -2.08. The molecule has 3 aromatic rings. The summed E-state index contributed by atoms with van der Waals surface area (Å²) in [5.41, 5.74) is -0.408. The maximum absolute atomic E-state index is 11.6. The van der Waals surface area contributed by atoms with Gasteiger partial charge in [0.05, 0.1) is 0 Å². The predicted octanol–water partition coefficient (Wildman–Crippen LogP) is 4.87. The smallest absolute Gasteiger partial charge is 0.339 e. The molecule has 144 valence electrons. The Morgan fingerprint density at radius 2 is 1.79 bits per heavy atom. The van der Waals surface area contributed by atoms with Crippen LogP contribution in [0.15, 0.2) is 57.6 Å². The van der Waals surface area contributed by atoms with Crippen molar-refractivity contribution in [3.8, 4) is 5.75 Å². The minimum atomic E-state index is -4.62. The van der Waals surface area contributed by atoms with Crippen molar-refractivity contribution in [3.63, 3.8) is 0 Å². The molecule has 3 N–H and O–H groups in total. The first-order chi connectivity index (χ1) is 13.1. The Labute approximate surface area is 164 Å². The molecular formula is C18H13ClN2O6S. The lowest BCUT2D eigenvalue weighted by molar-refractivity contribution is 0.0694. The largest absolute Gasteiger partial charge is 0.505 e. The fourth-order valence-corrected chi connectivity index (χ4v) is 3.46. The van der Waals surface area contributed by atoms with Gasteiger partial charge in [-0.3, -0.25) is 4.55 Å². The van der Waals surface area contributed by atoms with Crippen LogP contribution in [-0.4, -0.2) is 29.2 Å². The lowest BCUT2D eigenvalue weighted by atomic mass is 10.0. The third-order valence-electron chi connectivity index (χ3n) is 4.00. The Balaban J connectivity index is 2.27. The highest BCUT2D eigenvalue weighted by Crippen LogP contribution is 2.40. The van der Waals surface area contributed by atoms with Crippen molar-refractivity contribution >= 4 is 49.8 Å². The van der Waals surface area contributed by atoms with Gasteiger partial charge in [0.25, 0.3) is 10.1 Å². The van der Waals surface area contributed by atoms with Crippen LogP contribution >= 0.6 is 11.6 Å². The summed E-state index contributed by atoms with van der Waals surface area (Å²) in [5, 5.41) is 28.4. The van der Waals surface area contributed by atoms with Gasteiger partial charge in [0.1, 0.15) is 21.8 Å². The van der Waals surface area contributed by atoms with Gasteiger partial charge in [-0.1, -0.05) is 35.9 Å². The zero-order chi connectivity index (χ0) is 20.6. The van der Waals surface area contributed by atoms with E-state index in [4.69, 9.17) is 11.6 Å². The second-order valence-corrected chi connectivity index (χ2v) is 7.69. The average molecular weight is 421 g/mol. The number of phenols is 1. The van der Waals surface area contributed by atoms with Crippen molar-refractivity contribution in [1.82, 2.24) is 0 Å². The number of nitrogens with zero attached hydrogens (tertiary/aromatic N) is 2. The van der Waals surface area contributed by atoms with E-state index in [0.29, 0.717) is 16.3 Å². The zero-order valence-electron chi connectivity index (χ0n) is 14.3. The molecule has 0 fully saturated rings. The monoisotopic (exact) mass is 420 g/mol. The number of benzene rings is 3. The number of hydrogen-bond donors (Lipinski definition) is 3. The predicted molar refractivity (Wildman–Crippen MR) is 103 cm³/mol. The van der Waals surface area contributed by atoms with E-state index in [1.807, 2.05) is 0 Å². The maximum Gasteiger partial charge on any atom is 0.339 e. The summed E-state index contributed by atoms with van der Waals surface area (Å²) in [4.78, 5) is 10.9. The molecule has 0 aliphatic carbocycles. The van der Waals surface area contributed by atoms with E-state index in [9.17, 15) is 28.0 Å². The van der Waals surface area contributed by atoms with Gasteiger partial charge in [-0.15, -0.1) is 10.2 Å². The molecule has 0 aliphatic rings. The molecule has 0 radical (unpaired) electrons. The first-order valence-corrected chi connectivity index (χ1v) is 9.58. The third kappa shape index (κ3) is 3.68. The molecule has 0 amide bonds. The van der Waals surface area contributed by atoms with Crippen molar-refractivity contribution in [3.05, 3.63) is 58.6 Å². The van der Waals surface area contributed by atoms with E-state index in [1.54, 1.807) is 31.2 Å². The number of carboxylic acids is 1. The van der Waals surface area contributed by atoms with Gasteiger partial charge in [0.2, 0.25) is 0 Å². The Kier molecular flexibility index (Phi) is 5.07. The minimum Gasteiger partial charge on any atom is -0.505 e. The van der Waals surface area contributed by atoms with E-state index in [1.165, 1.54) is 12.1 Å². The van der Waals surface area contributed by atoms with E-state index in [0.717, 1.165) is 6.07 Å². The van der Waals surface area contributed by atoms with Gasteiger partial charge in [0, 0.05) is 10.4 Å². The quantitative estimate of drug-likeness (QED) is 0.407. The lowest BCUT2D eigenvalue weighted by Crippen LogP contribution is -1.99. The highest BCUT2D eigenvalue weighted by molar-refractivity contribution is 7.86. The fourth-order valence-electron chi connectivity index (χ4n) is 2.61. The molecule has 3 aromatic carbocycles. The molecule has 28 heavy (non-hydrogen) atoms. The molecule has 0 unspecified atom stereocenters. The summed E-state index contributed by atoms with van der Waals surface area (Å²) in [6.45, 7) is 1.55. The second-order valence-electron chi connectivity index (χ2n) is 5.89. The summed E-state index contributed by atoms with van der Waals surface area (Å²) in [5.74, 6) is -1.99. The van der Waals surface area contributed by atoms with Gasteiger partial charge in [0.15, 0.2) is 5.75 Å². The average Bonchev–Trinajstić information content (AvgIpc) is 2.61. The van der Waals surface area contributed by atoms with Crippen LogP contribution in [0.1, 0.15) is 15.9 Å².